The Morgan fingerprint density at radius 2 is 1.67 bits per heavy atom. The summed E-state index contributed by atoms with van der Waals surface area (Å²) in [5.74, 6) is -1.25. The molecule has 0 aliphatic carbocycles. The lowest BCUT2D eigenvalue weighted by Gasteiger charge is -2.17. The smallest absolute Gasteiger partial charge is 0.305 e. The number of nitrogens with one attached hydrogen (secondary N) is 1. The molecule has 0 aliphatic heterocycles. The SMILES string of the molecule is O=C(O)CC(NC(=O)c1ccccc1)c1ccc(Br)cc1. The van der Waals surface area contributed by atoms with Gasteiger partial charge in [0.2, 0.25) is 0 Å². The van der Waals surface area contributed by atoms with Gasteiger partial charge in [-0.15, -0.1) is 0 Å². The lowest BCUT2D eigenvalue weighted by molar-refractivity contribution is -0.137. The van der Waals surface area contributed by atoms with Gasteiger partial charge in [0.05, 0.1) is 12.5 Å². The standard InChI is InChI=1S/C16H14BrNO3/c17-13-8-6-11(7-9-13)14(10-15(19)20)18-16(21)12-4-2-1-3-5-12/h1-9,14H,10H2,(H,18,21)(H,19,20). The number of carboxylic acid groups (broad SMARTS) is 1. The van der Waals surface area contributed by atoms with Crippen molar-refractivity contribution in [2.24, 2.45) is 0 Å². The number of carbonyl (C=O) groups excluding carboxylic acids is 1. The van der Waals surface area contributed by atoms with Gasteiger partial charge in [-0.2, -0.15) is 0 Å². The van der Waals surface area contributed by atoms with E-state index in [4.69, 9.17) is 5.11 Å². The summed E-state index contributed by atoms with van der Waals surface area (Å²) in [5, 5.41) is 11.8. The summed E-state index contributed by atoms with van der Waals surface area (Å²) >= 11 is 3.33. The Bertz CT molecular complexity index is 626. The maximum Gasteiger partial charge on any atom is 0.305 e. The number of benzene rings is 2. The van der Waals surface area contributed by atoms with Crippen molar-refractivity contribution in [2.75, 3.05) is 0 Å². The zero-order valence-electron chi connectivity index (χ0n) is 11.1. The van der Waals surface area contributed by atoms with Crippen LogP contribution in [0.3, 0.4) is 0 Å². The van der Waals surface area contributed by atoms with Crippen LogP contribution < -0.4 is 5.32 Å². The third-order valence-electron chi connectivity index (χ3n) is 2.99. The van der Waals surface area contributed by atoms with Gasteiger partial charge in [-0.3, -0.25) is 9.59 Å². The third kappa shape index (κ3) is 4.43. The maximum atomic E-state index is 12.2. The molecule has 2 rings (SSSR count). The highest BCUT2D eigenvalue weighted by molar-refractivity contribution is 9.10. The Morgan fingerprint density at radius 3 is 2.24 bits per heavy atom. The molecular formula is C16H14BrNO3. The van der Waals surface area contributed by atoms with Crippen LogP contribution in [0.4, 0.5) is 0 Å². The molecule has 2 N–H and O–H groups in total. The first-order valence-electron chi connectivity index (χ1n) is 6.39. The number of aliphatic carboxylic acids is 1. The summed E-state index contributed by atoms with van der Waals surface area (Å²) in [6, 6.07) is 15.4. The monoisotopic (exact) mass is 347 g/mol. The van der Waals surface area contributed by atoms with Crippen molar-refractivity contribution >= 4 is 27.8 Å². The third-order valence-corrected chi connectivity index (χ3v) is 3.52. The normalized spacial score (nSPS) is 11.7. The summed E-state index contributed by atoms with van der Waals surface area (Å²) in [6.07, 6.45) is -0.166. The number of rotatable bonds is 5. The number of carboxylic acids is 1. The predicted molar refractivity (Wildman–Crippen MR) is 83.0 cm³/mol. The van der Waals surface area contributed by atoms with E-state index in [2.05, 4.69) is 21.2 Å². The van der Waals surface area contributed by atoms with Gasteiger partial charge in [-0.1, -0.05) is 46.3 Å². The van der Waals surface area contributed by atoms with Crippen LogP contribution in [-0.2, 0) is 4.79 Å². The molecule has 1 unspecified atom stereocenters. The average molecular weight is 348 g/mol. The quantitative estimate of drug-likeness (QED) is 0.870. The van der Waals surface area contributed by atoms with Gasteiger partial charge in [0.15, 0.2) is 0 Å². The molecule has 5 heteroatoms. The van der Waals surface area contributed by atoms with Crippen LogP contribution >= 0.6 is 15.9 Å². The van der Waals surface area contributed by atoms with Crippen molar-refractivity contribution in [3.05, 3.63) is 70.2 Å². The van der Waals surface area contributed by atoms with Crippen LogP contribution in [0.15, 0.2) is 59.1 Å². The summed E-state index contributed by atoms with van der Waals surface area (Å²) in [7, 11) is 0. The Hall–Kier alpha value is -2.14. The molecule has 2 aromatic rings. The highest BCUT2D eigenvalue weighted by Crippen LogP contribution is 2.20. The first-order chi connectivity index (χ1) is 10.1. The number of hydrogen-bond donors (Lipinski definition) is 2. The zero-order chi connectivity index (χ0) is 15.2. The predicted octanol–water partition coefficient (Wildman–Crippen LogP) is 3.39. The lowest BCUT2D eigenvalue weighted by atomic mass is 10.0. The molecule has 0 saturated heterocycles. The molecule has 21 heavy (non-hydrogen) atoms. The van der Waals surface area contributed by atoms with Crippen molar-refractivity contribution in [1.82, 2.24) is 5.32 Å². The molecule has 0 spiro atoms. The highest BCUT2D eigenvalue weighted by atomic mass is 79.9. The molecule has 0 radical (unpaired) electrons. The van der Waals surface area contributed by atoms with E-state index in [0.717, 1.165) is 10.0 Å². The molecule has 0 aromatic heterocycles. The van der Waals surface area contributed by atoms with E-state index in [-0.39, 0.29) is 12.3 Å². The van der Waals surface area contributed by atoms with Crippen molar-refractivity contribution in [2.45, 2.75) is 12.5 Å². The Labute approximate surface area is 130 Å². The molecule has 4 nitrogen and oxygen atoms in total. The van der Waals surface area contributed by atoms with Gasteiger partial charge in [0.1, 0.15) is 0 Å². The fourth-order valence-corrected chi connectivity index (χ4v) is 2.22. The average Bonchev–Trinajstić information content (AvgIpc) is 2.48. The van der Waals surface area contributed by atoms with E-state index in [1.54, 1.807) is 36.4 Å². The minimum Gasteiger partial charge on any atom is -0.481 e. The fourth-order valence-electron chi connectivity index (χ4n) is 1.95. The van der Waals surface area contributed by atoms with Crippen LogP contribution in [0.5, 0.6) is 0 Å². The number of carbonyl (C=O) groups is 2. The van der Waals surface area contributed by atoms with Gasteiger partial charge in [0, 0.05) is 10.0 Å². The molecule has 0 aliphatic rings. The lowest BCUT2D eigenvalue weighted by Crippen LogP contribution is -2.30. The van der Waals surface area contributed by atoms with E-state index in [1.807, 2.05) is 18.2 Å². The van der Waals surface area contributed by atoms with E-state index >= 15 is 0 Å². The first-order valence-corrected chi connectivity index (χ1v) is 7.19. The van der Waals surface area contributed by atoms with Crippen LogP contribution in [-0.4, -0.2) is 17.0 Å². The molecule has 0 saturated carbocycles. The summed E-state index contributed by atoms with van der Waals surface area (Å²) < 4.78 is 0.898. The maximum absolute atomic E-state index is 12.2. The summed E-state index contributed by atoms with van der Waals surface area (Å²) in [5.41, 5.74) is 1.26. The fraction of sp³-hybridized carbons (Fsp3) is 0.125. The summed E-state index contributed by atoms with van der Waals surface area (Å²) in [6.45, 7) is 0. The highest BCUT2D eigenvalue weighted by Gasteiger charge is 2.18. The van der Waals surface area contributed by atoms with E-state index in [0.29, 0.717) is 5.56 Å². The van der Waals surface area contributed by atoms with Gasteiger partial charge in [-0.05, 0) is 29.8 Å². The van der Waals surface area contributed by atoms with Gasteiger partial charge >= 0.3 is 5.97 Å². The Balaban J connectivity index is 2.18. The van der Waals surface area contributed by atoms with E-state index < -0.39 is 12.0 Å². The van der Waals surface area contributed by atoms with E-state index in [1.165, 1.54) is 0 Å². The van der Waals surface area contributed by atoms with E-state index in [9.17, 15) is 9.59 Å². The Morgan fingerprint density at radius 1 is 1.05 bits per heavy atom. The van der Waals surface area contributed by atoms with Crippen molar-refractivity contribution in [3.8, 4) is 0 Å². The van der Waals surface area contributed by atoms with Crippen molar-refractivity contribution < 1.29 is 14.7 Å². The molecule has 0 fully saturated rings. The zero-order valence-corrected chi connectivity index (χ0v) is 12.7. The minimum atomic E-state index is -0.962. The summed E-state index contributed by atoms with van der Waals surface area (Å²) in [4.78, 5) is 23.2. The number of amides is 1. The van der Waals surface area contributed by atoms with Crippen LogP contribution in [0.25, 0.3) is 0 Å². The number of hydrogen-bond acceptors (Lipinski definition) is 2. The van der Waals surface area contributed by atoms with Gasteiger partial charge < -0.3 is 10.4 Å². The Kier molecular flexibility index (Phi) is 5.11. The van der Waals surface area contributed by atoms with Gasteiger partial charge in [0.25, 0.3) is 5.91 Å². The largest absolute Gasteiger partial charge is 0.481 e. The molecule has 0 bridgehead atoms. The minimum absolute atomic E-state index is 0.166. The number of halogens is 1. The molecule has 1 amide bonds. The molecule has 2 aromatic carbocycles. The molecule has 1 atom stereocenters. The van der Waals surface area contributed by atoms with Crippen molar-refractivity contribution in [1.29, 1.82) is 0 Å². The van der Waals surface area contributed by atoms with Crippen LogP contribution in [0.2, 0.25) is 0 Å². The van der Waals surface area contributed by atoms with Crippen molar-refractivity contribution in [3.63, 3.8) is 0 Å². The topological polar surface area (TPSA) is 66.4 Å². The van der Waals surface area contributed by atoms with Crippen LogP contribution in [0, 0.1) is 0 Å². The molecule has 108 valence electrons. The van der Waals surface area contributed by atoms with Gasteiger partial charge in [-0.25, -0.2) is 0 Å². The molecule has 0 heterocycles. The second kappa shape index (κ2) is 7.04. The molecular weight excluding hydrogens is 334 g/mol. The second-order valence-corrected chi connectivity index (χ2v) is 5.46. The first kappa shape index (κ1) is 15.3. The van der Waals surface area contributed by atoms with Crippen LogP contribution in [0.1, 0.15) is 28.4 Å². The second-order valence-electron chi connectivity index (χ2n) is 4.54.